The highest BCUT2D eigenvalue weighted by Gasteiger charge is 2.38. The topological polar surface area (TPSA) is 128 Å². The summed E-state index contributed by atoms with van der Waals surface area (Å²) in [5.41, 5.74) is 4.35. The second-order valence-corrected chi connectivity index (χ2v) is 14.5. The fraction of sp³-hybridized carbons (Fsp3) is 0.488. The molecule has 4 atom stereocenters. The van der Waals surface area contributed by atoms with Crippen molar-refractivity contribution in [3.63, 3.8) is 0 Å². The van der Waals surface area contributed by atoms with Crippen molar-refractivity contribution in [2.75, 3.05) is 33.3 Å². The molecule has 2 N–H and O–H groups in total. The Morgan fingerprint density at radius 2 is 1.38 bits per heavy atom. The number of nitrogens with one attached hydrogen (secondary N) is 2. The van der Waals surface area contributed by atoms with Crippen molar-refractivity contribution >= 4 is 17.8 Å². The van der Waals surface area contributed by atoms with Gasteiger partial charge in [0.25, 0.3) is 0 Å². The summed E-state index contributed by atoms with van der Waals surface area (Å²) in [7, 11) is 1.34. The van der Waals surface area contributed by atoms with Crippen LogP contribution in [-0.4, -0.2) is 91.7 Å². The molecular formula is C41H52FN7O4. The van der Waals surface area contributed by atoms with Gasteiger partial charge in [0.05, 0.1) is 61.4 Å². The van der Waals surface area contributed by atoms with Gasteiger partial charge in [-0.1, -0.05) is 58.0 Å². The molecule has 4 aromatic rings. The molecule has 53 heavy (non-hydrogen) atoms. The van der Waals surface area contributed by atoms with Crippen molar-refractivity contribution in [2.24, 2.45) is 11.8 Å². The third-order valence-corrected chi connectivity index (χ3v) is 11.1. The minimum Gasteiger partial charge on any atom is -0.469 e. The summed E-state index contributed by atoms with van der Waals surface area (Å²) < 4.78 is 20.5. The average molecular weight is 726 g/mol. The number of likely N-dealkylation sites (N-methyl/N-ethyl adjacent to an activating group) is 1. The van der Waals surface area contributed by atoms with Crippen LogP contribution in [0, 0.1) is 17.7 Å². The molecule has 0 unspecified atom stereocenters. The average Bonchev–Trinajstić information content (AvgIpc) is 4.00. The van der Waals surface area contributed by atoms with E-state index in [0.29, 0.717) is 30.2 Å². The van der Waals surface area contributed by atoms with Gasteiger partial charge < -0.3 is 24.5 Å². The third kappa shape index (κ3) is 7.93. The zero-order valence-electron chi connectivity index (χ0n) is 31.7. The number of ether oxygens (including phenoxy) is 1. The van der Waals surface area contributed by atoms with Crippen molar-refractivity contribution < 1.29 is 23.5 Å². The van der Waals surface area contributed by atoms with Gasteiger partial charge in [-0.05, 0) is 80.4 Å². The molecule has 2 aliphatic rings. The van der Waals surface area contributed by atoms with Gasteiger partial charge in [-0.2, -0.15) is 0 Å². The predicted molar refractivity (Wildman–Crippen MR) is 202 cm³/mol. The first-order chi connectivity index (χ1) is 25.5. The molecule has 2 aliphatic heterocycles. The summed E-state index contributed by atoms with van der Waals surface area (Å²) >= 11 is 0. The Hall–Kier alpha value is -4.84. The van der Waals surface area contributed by atoms with Crippen LogP contribution in [0.5, 0.6) is 0 Å². The standard InChI is InChI=1S/C41H52FN7O4/c1-7-47(8-2)26(5)40(51)48-19-9-11-35(48)39-44-24-34(46-39)30-18-17-29(21-32(30)42)27-13-15-28(16-14-27)33-23-43-38(45-33)36-12-10-20-49(36)41(52)31(25(3)4)22-37(50)53-6/h13-18,21,23-26,31,35-36H,7-12,19-20,22H2,1-6H3,(H,43,45)(H,44,46)/t26-,31+,35+,36+/m1/s1. The molecule has 0 bridgehead atoms. The SMILES string of the molecule is CCN(CC)[C@H](C)C(=O)N1CCC[C@H]1c1ncc(-c2ccc(-c3ccc(-c4cnc([C@@H]5CCCN5C(=O)[C@@H](CC(=O)OC)C(C)C)[nH]4)cc3)cc2F)[nH]1. The van der Waals surface area contributed by atoms with Gasteiger partial charge in [0.2, 0.25) is 11.8 Å². The van der Waals surface area contributed by atoms with Gasteiger partial charge in [-0.3, -0.25) is 19.3 Å². The highest BCUT2D eigenvalue weighted by Crippen LogP contribution is 2.36. The predicted octanol–water partition coefficient (Wildman–Crippen LogP) is 7.17. The molecular weight excluding hydrogens is 673 g/mol. The van der Waals surface area contributed by atoms with E-state index in [1.807, 2.05) is 60.9 Å². The van der Waals surface area contributed by atoms with Gasteiger partial charge >= 0.3 is 5.97 Å². The molecule has 2 aromatic carbocycles. The van der Waals surface area contributed by atoms with Crippen molar-refractivity contribution in [1.82, 2.24) is 34.6 Å². The van der Waals surface area contributed by atoms with Crippen LogP contribution in [0.1, 0.15) is 90.5 Å². The number of H-pyrrole nitrogens is 2. The lowest BCUT2D eigenvalue weighted by molar-refractivity contribution is -0.148. The van der Waals surface area contributed by atoms with Crippen molar-refractivity contribution in [3.05, 3.63) is 72.3 Å². The number of carbonyl (C=O) groups excluding carboxylic acids is 3. The van der Waals surface area contributed by atoms with E-state index >= 15 is 4.39 Å². The highest BCUT2D eigenvalue weighted by atomic mass is 19.1. The lowest BCUT2D eigenvalue weighted by Crippen LogP contribution is -2.46. The Bertz CT molecular complexity index is 1900. The number of imidazole rings is 2. The molecule has 2 fully saturated rings. The number of rotatable bonds is 13. The summed E-state index contributed by atoms with van der Waals surface area (Å²) in [6, 6.07) is 12.5. The lowest BCUT2D eigenvalue weighted by Gasteiger charge is -2.31. The normalized spacial score (nSPS) is 18.6. The van der Waals surface area contributed by atoms with E-state index < -0.39 is 5.92 Å². The van der Waals surface area contributed by atoms with Gasteiger partial charge in [-0.15, -0.1) is 0 Å². The summed E-state index contributed by atoms with van der Waals surface area (Å²) in [5, 5.41) is 0. The van der Waals surface area contributed by atoms with Crippen LogP contribution in [-0.2, 0) is 19.1 Å². The van der Waals surface area contributed by atoms with Crippen molar-refractivity contribution in [2.45, 2.75) is 84.8 Å². The number of halogens is 1. The van der Waals surface area contributed by atoms with Gasteiger partial charge in [0, 0.05) is 18.7 Å². The Balaban J connectivity index is 1.13. The zero-order chi connectivity index (χ0) is 37.8. The van der Waals surface area contributed by atoms with E-state index in [9.17, 15) is 14.4 Å². The molecule has 2 saturated heterocycles. The molecule has 6 rings (SSSR count). The molecule has 11 nitrogen and oxygen atoms in total. The highest BCUT2D eigenvalue weighted by molar-refractivity contribution is 5.84. The van der Waals surface area contributed by atoms with Crippen LogP contribution in [0.4, 0.5) is 4.39 Å². The first-order valence-electron chi connectivity index (χ1n) is 19.0. The molecule has 12 heteroatoms. The summed E-state index contributed by atoms with van der Waals surface area (Å²) in [4.78, 5) is 60.9. The van der Waals surface area contributed by atoms with Gasteiger partial charge in [0.1, 0.15) is 17.5 Å². The molecule has 0 spiro atoms. The fourth-order valence-electron chi connectivity index (χ4n) is 7.93. The number of hydrogen-bond donors (Lipinski definition) is 2. The largest absolute Gasteiger partial charge is 0.469 e. The molecule has 0 saturated carbocycles. The lowest BCUT2D eigenvalue weighted by atomic mass is 9.91. The molecule has 282 valence electrons. The number of esters is 1. The van der Waals surface area contributed by atoms with E-state index in [0.717, 1.165) is 67.0 Å². The molecule has 2 aromatic heterocycles. The number of carbonyl (C=O) groups is 3. The number of methoxy groups -OCH3 is 1. The molecule has 0 radical (unpaired) electrons. The summed E-state index contributed by atoms with van der Waals surface area (Å²) in [6.07, 6.45) is 6.85. The van der Waals surface area contributed by atoms with Crippen LogP contribution in [0.2, 0.25) is 0 Å². The number of aromatic amines is 2. The van der Waals surface area contributed by atoms with E-state index in [1.165, 1.54) is 13.2 Å². The van der Waals surface area contributed by atoms with Gasteiger partial charge in [-0.25, -0.2) is 14.4 Å². The smallest absolute Gasteiger partial charge is 0.306 e. The number of likely N-dealkylation sites (tertiary alicyclic amines) is 2. The van der Waals surface area contributed by atoms with Crippen LogP contribution >= 0.6 is 0 Å². The first kappa shape index (κ1) is 37.9. The minimum absolute atomic E-state index is 0.00520. The van der Waals surface area contributed by atoms with Crippen LogP contribution in [0.15, 0.2) is 54.9 Å². The quantitative estimate of drug-likeness (QED) is 0.140. The summed E-state index contributed by atoms with van der Waals surface area (Å²) in [6.45, 7) is 12.9. The Kier molecular flexibility index (Phi) is 11.8. The maximum atomic E-state index is 15.7. The molecule has 2 amide bonds. The van der Waals surface area contributed by atoms with Crippen LogP contribution < -0.4 is 0 Å². The van der Waals surface area contributed by atoms with E-state index in [4.69, 9.17) is 4.74 Å². The van der Waals surface area contributed by atoms with E-state index in [1.54, 1.807) is 18.5 Å². The van der Waals surface area contributed by atoms with Crippen LogP contribution in [0.3, 0.4) is 0 Å². The second kappa shape index (κ2) is 16.4. The number of nitrogens with zero attached hydrogens (tertiary/aromatic N) is 5. The van der Waals surface area contributed by atoms with Gasteiger partial charge in [0.15, 0.2) is 0 Å². The minimum atomic E-state index is -0.452. The monoisotopic (exact) mass is 725 g/mol. The fourth-order valence-corrected chi connectivity index (χ4v) is 7.93. The third-order valence-electron chi connectivity index (χ3n) is 11.1. The Morgan fingerprint density at radius 3 is 1.94 bits per heavy atom. The molecule has 0 aliphatic carbocycles. The Morgan fingerprint density at radius 1 is 0.830 bits per heavy atom. The first-order valence-corrected chi connectivity index (χ1v) is 19.0. The second-order valence-electron chi connectivity index (χ2n) is 14.5. The number of amides is 2. The summed E-state index contributed by atoms with van der Waals surface area (Å²) in [5.74, 6) is 0.252. The maximum Gasteiger partial charge on any atom is 0.306 e. The maximum absolute atomic E-state index is 15.7. The zero-order valence-corrected chi connectivity index (χ0v) is 31.7. The van der Waals surface area contributed by atoms with E-state index in [-0.39, 0.29) is 54.1 Å². The van der Waals surface area contributed by atoms with E-state index in [2.05, 4.69) is 38.7 Å². The number of benzene rings is 2. The number of aromatic nitrogens is 4. The van der Waals surface area contributed by atoms with Crippen LogP contribution in [0.25, 0.3) is 33.6 Å². The molecule has 4 heterocycles. The Labute approximate surface area is 311 Å². The van der Waals surface area contributed by atoms with Crippen molar-refractivity contribution in [3.8, 4) is 33.6 Å². The number of hydrogen-bond acceptors (Lipinski definition) is 7. The van der Waals surface area contributed by atoms with Crippen molar-refractivity contribution in [1.29, 1.82) is 0 Å².